The van der Waals surface area contributed by atoms with E-state index in [1.807, 2.05) is 54.4 Å². The first kappa shape index (κ1) is 21.9. The van der Waals surface area contributed by atoms with Crippen LogP contribution in [0.3, 0.4) is 0 Å². The first-order chi connectivity index (χ1) is 16.5. The minimum Gasteiger partial charge on any atom is -0.508 e. The molecule has 3 heterocycles. The number of aromatic hydroxyl groups is 1. The molecule has 4 N–H and O–H groups in total. The Balaban J connectivity index is 1.33. The maximum Gasteiger partial charge on any atom is 0.146 e. The minimum absolute atomic E-state index is 0.230. The summed E-state index contributed by atoms with van der Waals surface area (Å²) in [6.07, 6.45) is 4.04. The number of fused-ring (bicyclic) bond motifs is 1. The maximum absolute atomic E-state index is 9.50. The predicted octanol–water partition coefficient (Wildman–Crippen LogP) is 3.05. The van der Waals surface area contributed by atoms with Crippen LogP contribution in [0.1, 0.15) is 18.1 Å². The van der Waals surface area contributed by atoms with Crippen molar-refractivity contribution in [1.29, 1.82) is 0 Å². The molecule has 0 saturated carbocycles. The smallest absolute Gasteiger partial charge is 0.146 e. The second kappa shape index (κ2) is 9.17. The molecular formula is C26H28N6O2. The van der Waals surface area contributed by atoms with Crippen LogP contribution in [0.15, 0.2) is 88.4 Å². The van der Waals surface area contributed by atoms with E-state index in [9.17, 15) is 5.11 Å². The Morgan fingerprint density at radius 1 is 1.12 bits per heavy atom. The van der Waals surface area contributed by atoms with Crippen molar-refractivity contribution in [1.82, 2.24) is 15.2 Å². The van der Waals surface area contributed by atoms with Crippen LogP contribution in [0.25, 0.3) is 0 Å². The fraction of sp³-hybridized carbons (Fsp3) is 0.231. The third-order valence-electron chi connectivity index (χ3n) is 6.13. The highest BCUT2D eigenvalue weighted by Crippen LogP contribution is 2.33. The summed E-state index contributed by atoms with van der Waals surface area (Å²) in [6.45, 7) is 9.93. The molecule has 3 aliphatic heterocycles. The number of ether oxygens (including phenoxy) is 1. The zero-order chi connectivity index (χ0) is 23.7. The van der Waals surface area contributed by atoms with Crippen molar-refractivity contribution in [2.75, 3.05) is 32.8 Å². The van der Waals surface area contributed by atoms with Gasteiger partial charge in [0.2, 0.25) is 0 Å². The number of nitrogens with two attached hydrogens (primary N) is 1. The Kier molecular flexibility index (Phi) is 5.91. The van der Waals surface area contributed by atoms with Gasteiger partial charge in [-0.05, 0) is 66.6 Å². The van der Waals surface area contributed by atoms with Crippen LogP contribution in [0.5, 0.6) is 11.5 Å². The van der Waals surface area contributed by atoms with Crippen molar-refractivity contribution >= 4 is 17.1 Å². The average molecular weight is 457 g/mol. The first-order valence-electron chi connectivity index (χ1n) is 11.3. The molecule has 8 heteroatoms. The van der Waals surface area contributed by atoms with Gasteiger partial charge in [0.25, 0.3) is 0 Å². The van der Waals surface area contributed by atoms with Crippen LogP contribution in [-0.4, -0.2) is 59.2 Å². The monoisotopic (exact) mass is 456 g/mol. The number of phenols is 1. The molecule has 0 bridgehead atoms. The summed E-state index contributed by atoms with van der Waals surface area (Å²) in [4.78, 5) is 11.8. The van der Waals surface area contributed by atoms with Crippen molar-refractivity contribution in [3.05, 3.63) is 89.5 Å². The molecule has 0 radical (unpaired) electrons. The third kappa shape index (κ3) is 4.59. The fourth-order valence-corrected chi connectivity index (χ4v) is 4.09. The number of piperazine rings is 1. The summed E-state index contributed by atoms with van der Waals surface area (Å²) in [5.41, 5.74) is 5.93. The molecule has 5 rings (SSSR count). The molecule has 8 nitrogen and oxygen atoms in total. The van der Waals surface area contributed by atoms with Gasteiger partial charge in [-0.2, -0.15) is 0 Å². The Labute approximate surface area is 199 Å². The van der Waals surface area contributed by atoms with Crippen LogP contribution in [0, 0.1) is 0 Å². The van der Waals surface area contributed by atoms with Crippen molar-refractivity contribution in [2.24, 2.45) is 15.8 Å². The Morgan fingerprint density at radius 3 is 2.62 bits per heavy atom. The molecule has 2 aromatic carbocycles. The standard InChI is InChI=1S/C26H28N6O2/c1-17(28-22-9-10-26(29-18(22)2)31-11-13-32(27)14-12-31)20-5-8-23-25(15-20)34-16-24(30-23)19-3-6-21(33)7-4-19/h3-10,15,29,33H,2,11-14,16,27H2,1H3/b28-17+. The highest BCUT2D eigenvalue weighted by Gasteiger charge is 2.20. The molecule has 0 aliphatic carbocycles. The summed E-state index contributed by atoms with van der Waals surface area (Å²) in [6, 6.07) is 12.9. The number of nitrogens with one attached hydrogen (secondary N) is 1. The zero-order valence-electron chi connectivity index (χ0n) is 19.2. The van der Waals surface area contributed by atoms with E-state index in [0.29, 0.717) is 6.61 Å². The van der Waals surface area contributed by atoms with Gasteiger partial charge in [-0.1, -0.05) is 12.6 Å². The lowest BCUT2D eigenvalue weighted by molar-refractivity contribution is 0.156. The number of phenolic OH excluding ortho intramolecular Hbond substituents is 1. The number of rotatable bonds is 4. The number of dihydropyridines is 1. The van der Waals surface area contributed by atoms with E-state index in [0.717, 1.165) is 77.4 Å². The molecule has 0 aromatic heterocycles. The lowest BCUT2D eigenvalue weighted by atomic mass is 10.1. The summed E-state index contributed by atoms with van der Waals surface area (Å²) in [5, 5.41) is 14.7. The molecular weight excluding hydrogens is 428 g/mol. The van der Waals surface area contributed by atoms with E-state index in [1.165, 1.54) is 0 Å². The molecule has 1 fully saturated rings. The van der Waals surface area contributed by atoms with E-state index >= 15 is 0 Å². The zero-order valence-corrected chi connectivity index (χ0v) is 19.2. The van der Waals surface area contributed by atoms with Crippen molar-refractivity contribution < 1.29 is 9.84 Å². The molecule has 34 heavy (non-hydrogen) atoms. The van der Waals surface area contributed by atoms with Crippen LogP contribution < -0.4 is 15.9 Å². The highest BCUT2D eigenvalue weighted by atomic mass is 16.5. The Morgan fingerprint density at radius 2 is 1.88 bits per heavy atom. The molecule has 0 amide bonds. The van der Waals surface area contributed by atoms with E-state index < -0.39 is 0 Å². The number of allylic oxidation sites excluding steroid dienone is 2. The molecule has 3 aliphatic rings. The number of nitrogens with zero attached hydrogens (tertiary/aromatic N) is 4. The quantitative estimate of drug-likeness (QED) is 0.483. The lowest BCUT2D eigenvalue weighted by Crippen LogP contribution is -2.50. The molecule has 0 unspecified atom stereocenters. The van der Waals surface area contributed by atoms with Crippen LogP contribution in [0.2, 0.25) is 0 Å². The normalized spacial score (nSPS) is 18.9. The maximum atomic E-state index is 9.50. The second-order valence-electron chi connectivity index (χ2n) is 8.50. The molecule has 174 valence electrons. The first-order valence-corrected chi connectivity index (χ1v) is 11.3. The van der Waals surface area contributed by atoms with E-state index in [1.54, 1.807) is 12.1 Å². The van der Waals surface area contributed by atoms with Crippen molar-refractivity contribution in [3.63, 3.8) is 0 Å². The summed E-state index contributed by atoms with van der Waals surface area (Å²) in [5.74, 6) is 7.85. The third-order valence-corrected chi connectivity index (χ3v) is 6.13. The molecule has 0 atom stereocenters. The van der Waals surface area contributed by atoms with Gasteiger partial charge in [0.05, 0.1) is 17.1 Å². The summed E-state index contributed by atoms with van der Waals surface area (Å²) in [7, 11) is 0. The average Bonchev–Trinajstić information content (AvgIpc) is 2.85. The number of hydrogen-bond donors (Lipinski definition) is 3. The van der Waals surface area contributed by atoms with Gasteiger partial charge in [-0.3, -0.25) is 10.8 Å². The predicted molar refractivity (Wildman–Crippen MR) is 134 cm³/mol. The molecule has 1 saturated heterocycles. The topological polar surface area (TPSA) is 98.7 Å². The van der Waals surface area contributed by atoms with Gasteiger partial charge in [0, 0.05) is 31.9 Å². The van der Waals surface area contributed by atoms with Crippen LogP contribution >= 0.6 is 0 Å². The molecule has 2 aromatic rings. The van der Waals surface area contributed by atoms with Crippen molar-refractivity contribution in [2.45, 2.75) is 6.92 Å². The van der Waals surface area contributed by atoms with Gasteiger partial charge < -0.3 is 20.1 Å². The van der Waals surface area contributed by atoms with Gasteiger partial charge in [0.15, 0.2) is 0 Å². The van der Waals surface area contributed by atoms with E-state index in [-0.39, 0.29) is 5.75 Å². The highest BCUT2D eigenvalue weighted by molar-refractivity contribution is 6.05. The van der Waals surface area contributed by atoms with Crippen molar-refractivity contribution in [3.8, 4) is 11.5 Å². The fourth-order valence-electron chi connectivity index (χ4n) is 4.09. The number of benzene rings is 2. The van der Waals surface area contributed by atoms with Crippen LogP contribution in [-0.2, 0) is 0 Å². The number of hydrogen-bond acceptors (Lipinski definition) is 8. The van der Waals surface area contributed by atoms with Gasteiger partial charge in [-0.15, -0.1) is 0 Å². The number of aliphatic imine (C=N–C) groups is 2. The van der Waals surface area contributed by atoms with E-state index in [4.69, 9.17) is 20.6 Å². The lowest BCUT2D eigenvalue weighted by Gasteiger charge is -2.36. The summed E-state index contributed by atoms with van der Waals surface area (Å²) < 4.78 is 5.99. The molecule has 0 spiro atoms. The van der Waals surface area contributed by atoms with E-state index in [2.05, 4.69) is 16.8 Å². The number of hydrazine groups is 1. The minimum atomic E-state index is 0.230. The second-order valence-corrected chi connectivity index (χ2v) is 8.50. The Hall–Kier alpha value is -3.88. The van der Waals surface area contributed by atoms with Gasteiger partial charge in [0.1, 0.15) is 29.6 Å². The van der Waals surface area contributed by atoms with Crippen LogP contribution in [0.4, 0.5) is 5.69 Å². The summed E-state index contributed by atoms with van der Waals surface area (Å²) >= 11 is 0. The van der Waals surface area contributed by atoms with Gasteiger partial charge in [-0.25, -0.2) is 10.0 Å². The Bertz CT molecular complexity index is 1230. The van der Waals surface area contributed by atoms with Gasteiger partial charge >= 0.3 is 0 Å². The largest absolute Gasteiger partial charge is 0.508 e. The SMILES string of the molecule is C=C1NC(N2CCN(N)CC2)=CC=C1/N=C(\C)c1ccc2c(c1)OCC(c1ccc(O)cc1)=N2.